The Morgan fingerprint density at radius 2 is 2.23 bits per heavy atom. The van der Waals surface area contributed by atoms with Crippen LogP contribution in [-0.2, 0) is 20.4 Å². The van der Waals surface area contributed by atoms with Crippen molar-refractivity contribution in [3.63, 3.8) is 0 Å². The van der Waals surface area contributed by atoms with Crippen LogP contribution in [0.4, 0.5) is 0 Å². The highest BCUT2D eigenvalue weighted by molar-refractivity contribution is 7.85. The molecular weight excluding hydrogens is 324 g/mol. The number of halogens is 1. The molecule has 0 unspecified atom stereocenters. The molecule has 1 aliphatic rings. The number of benzene rings is 1. The van der Waals surface area contributed by atoms with Gasteiger partial charge in [-0.2, -0.15) is 0 Å². The van der Waals surface area contributed by atoms with Gasteiger partial charge in [-0.05, 0) is 31.0 Å². The van der Waals surface area contributed by atoms with E-state index in [2.05, 4.69) is 5.32 Å². The summed E-state index contributed by atoms with van der Waals surface area (Å²) in [4.78, 5) is 25.6. The van der Waals surface area contributed by atoms with Gasteiger partial charge in [-0.25, -0.2) is 0 Å². The minimum atomic E-state index is -1.41. The van der Waals surface area contributed by atoms with Crippen LogP contribution in [0.3, 0.4) is 0 Å². The number of likely N-dealkylation sites (tertiary alicyclic amines) is 1. The van der Waals surface area contributed by atoms with Crippen LogP contribution in [0.25, 0.3) is 0 Å². The highest BCUT2D eigenvalue weighted by atomic mass is 35.5. The van der Waals surface area contributed by atoms with Gasteiger partial charge in [0, 0.05) is 36.0 Å². The first-order valence-electron chi connectivity index (χ1n) is 7.14. The average Bonchev–Trinajstić information content (AvgIpc) is 2.46. The fourth-order valence-electron chi connectivity index (χ4n) is 2.50. The summed E-state index contributed by atoms with van der Waals surface area (Å²) in [5.41, 5.74) is 0. The Hall–Kier alpha value is -1.40. The summed E-state index contributed by atoms with van der Waals surface area (Å²) < 4.78 is 12.2. The van der Waals surface area contributed by atoms with Crippen LogP contribution >= 0.6 is 11.6 Å². The van der Waals surface area contributed by atoms with E-state index in [9.17, 15) is 13.8 Å². The van der Waals surface area contributed by atoms with Crippen LogP contribution in [-0.4, -0.2) is 45.8 Å². The Morgan fingerprint density at radius 1 is 1.45 bits per heavy atom. The number of hydrogen-bond acceptors (Lipinski definition) is 3. The summed E-state index contributed by atoms with van der Waals surface area (Å²) in [6.07, 6.45) is 1.70. The molecule has 1 aromatic carbocycles. The van der Waals surface area contributed by atoms with Gasteiger partial charge in [0.1, 0.15) is 5.75 Å². The molecule has 2 atom stereocenters. The summed E-state index contributed by atoms with van der Waals surface area (Å²) in [6, 6.07) is 6.71. The number of piperidine rings is 1. The molecule has 2 amide bonds. The lowest BCUT2D eigenvalue weighted by molar-refractivity contribution is -0.130. The second-order valence-corrected chi connectivity index (χ2v) is 7.21. The molecule has 2 rings (SSSR count). The molecule has 1 fully saturated rings. The minimum Gasteiger partial charge on any atom is -0.352 e. The van der Waals surface area contributed by atoms with Crippen LogP contribution in [0.2, 0.25) is 5.02 Å². The molecule has 1 N–H and O–H groups in total. The highest BCUT2D eigenvalue weighted by Gasteiger charge is 2.25. The van der Waals surface area contributed by atoms with Crippen molar-refractivity contribution in [3.8, 4) is 0 Å². The maximum atomic E-state index is 12.3. The number of nitrogens with one attached hydrogen (secondary N) is 1. The second kappa shape index (κ2) is 7.74. The molecule has 0 aliphatic carbocycles. The van der Waals surface area contributed by atoms with E-state index in [1.165, 1.54) is 6.92 Å². The van der Waals surface area contributed by atoms with Gasteiger partial charge >= 0.3 is 0 Å². The molecule has 0 bridgehead atoms. The lowest BCUT2D eigenvalue weighted by atomic mass is 10.1. The standard InChI is InChI=1S/C15H19ClN2O3S/c1-11(19)17-13-5-3-7-18(9-13)15(20)10-22(21)14-6-2-4-12(16)8-14/h2,4,6,8,13H,3,5,7,9-10H2,1H3,(H,17,19)/t13-,22+/m1/s1. The average molecular weight is 343 g/mol. The largest absolute Gasteiger partial charge is 0.352 e. The Labute approximate surface area is 137 Å². The quantitative estimate of drug-likeness (QED) is 0.903. The number of hydrogen-bond donors (Lipinski definition) is 1. The molecule has 5 nitrogen and oxygen atoms in total. The molecule has 0 aromatic heterocycles. The van der Waals surface area contributed by atoms with Gasteiger partial charge in [-0.15, -0.1) is 0 Å². The zero-order chi connectivity index (χ0) is 16.1. The first-order valence-corrected chi connectivity index (χ1v) is 8.84. The van der Waals surface area contributed by atoms with Gasteiger partial charge < -0.3 is 10.2 Å². The van der Waals surface area contributed by atoms with E-state index >= 15 is 0 Å². The van der Waals surface area contributed by atoms with Crippen molar-refractivity contribution in [3.05, 3.63) is 29.3 Å². The lowest BCUT2D eigenvalue weighted by Crippen LogP contribution is -2.50. The zero-order valence-corrected chi connectivity index (χ0v) is 14.0. The summed E-state index contributed by atoms with van der Waals surface area (Å²) in [5.74, 6) is -0.317. The van der Waals surface area contributed by atoms with Crippen molar-refractivity contribution < 1.29 is 13.8 Å². The predicted molar refractivity (Wildman–Crippen MR) is 86.1 cm³/mol. The number of nitrogens with zero attached hydrogens (tertiary/aromatic N) is 1. The number of amides is 2. The molecule has 120 valence electrons. The molecule has 0 saturated carbocycles. The molecule has 0 spiro atoms. The Bertz CT molecular complexity index is 594. The summed E-state index contributed by atoms with van der Waals surface area (Å²) in [5, 5.41) is 3.33. The van der Waals surface area contributed by atoms with Gasteiger partial charge in [-0.3, -0.25) is 13.8 Å². The molecule has 0 radical (unpaired) electrons. The minimum absolute atomic E-state index is 0.0187. The van der Waals surface area contributed by atoms with Crippen molar-refractivity contribution in [1.82, 2.24) is 10.2 Å². The van der Waals surface area contributed by atoms with Crippen molar-refractivity contribution in [2.24, 2.45) is 0 Å². The summed E-state index contributed by atoms with van der Waals surface area (Å²) >= 11 is 5.87. The van der Waals surface area contributed by atoms with Crippen LogP contribution in [0.1, 0.15) is 19.8 Å². The number of carbonyl (C=O) groups excluding carboxylic acids is 2. The normalized spacial score (nSPS) is 19.5. The van der Waals surface area contributed by atoms with Crippen molar-refractivity contribution >= 4 is 34.2 Å². The second-order valence-electron chi connectivity index (χ2n) is 5.33. The van der Waals surface area contributed by atoms with Gasteiger partial charge in [0.05, 0.1) is 10.8 Å². The van der Waals surface area contributed by atoms with Gasteiger partial charge in [0.15, 0.2) is 0 Å². The van der Waals surface area contributed by atoms with E-state index in [1.807, 2.05) is 0 Å². The fourth-order valence-corrected chi connectivity index (χ4v) is 3.82. The van der Waals surface area contributed by atoms with E-state index in [0.29, 0.717) is 23.0 Å². The van der Waals surface area contributed by atoms with E-state index in [-0.39, 0.29) is 23.6 Å². The molecule has 1 aliphatic heterocycles. The maximum Gasteiger partial charge on any atom is 0.235 e. The van der Waals surface area contributed by atoms with Gasteiger partial charge in [0.25, 0.3) is 0 Å². The first kappa shape index (κ1) is 17.0. The van der Waals surface area contributed by atoms with Gasteiger partial charge in [0.2, 0.25) is 11.8 Å². The third-order valence-corrected chi connectivity index (χ3v) is 5.02. The van der Waals surface area contributed by atoms with Gasteiger partial charge in [-0.1, -0.05) is 17.7 Å². The molecule has 1 aromatic rings. The first-order chi connectivity index (χ1) is 10.5. The Morgan fingerprint density at radius 3 is 2.91 bits per heavy atom. The fraction of sp³-hybridized carbons (Fsp3) is 0.467. The molecule has 7 heteroatoms. The Kier molecular flexibility index (Phi) is 5.97. The maximum absolute atomic E-state index is 12.3. The number of rotatable bonds is 4. The van der Waals surface area contributed by atoms with Crippen molar-refractivity contribution in [2.75, 3.05) is 18.8 Å². The SMILES string of the molecule is CC(=O)N[C@@H]1CCCN(C(=O)C[S@](=O)c2cccc(Cl)c2)C1. The van der Waals surface area contributed by atoms with Crippen molar-refractivity contribution in [2.45, 2.75) is 30.7 Å². The third kappa shape index (κ3) is 4.81. The molecule has 1 saturated heterocycles. The number of carbonyl (C=O) groups is 2. The van der Waals surface area contributed by atoms with Crippen LogP contribution < -0.4 is 5.32 Å². The van der Waals surface area contributed by atoms with Crippen LogP contribution in [0, 0.1) is 0 Å². The monoisotopic (exact) mass is 342 g/mol. The van der Waals surface area contributed by atoms with E-state index < -0.39 is 10.8 Å². The smallest absolute Gasteiger partial charge is 0.235 e. The summed E-state index contributed by atoms with van der Waals surface area (Å²) in [7, 11) is -1.41. The van der Waals surface area contributed by atoms with E-state index in [4.69, 9.17) is 11.6 Å². The van der Waals surface area contributed by atoms with Crippen LogP contribution in [0.15, 0.2) is 29.2 Å². The third-order valence-electron chi connectivity index (χ3n) is 3.50. The molecule has 22 heavy (non-hydrogen) atoms. The predicted octanol–water partition coefficient (Wildman–Crippen LogP) is 1.57. The van der Waals surface area contributed by atoms with Crippen molar-refractivity contribution in [1.29, 1.82) is 0 Å². The summed E-state index contributed by atoms with van der Waals surface area (Å²) in [6.45, 7) is 2.59. The molecule has 1 heterocycles. The Balaban J connectivity index is 1.93. The van der Waals surface area contributed by atoms with E-state index in [1.54, 1.807) is 29.2 Å². The topological polar surface area (TPSA) is 66.5 Å². The molecular formula is C15H19ClN2O3S. The lowest BCUT2D eigenvalue weighted by Gasteiger charge is -2.33. The van der Waals surface area contributed by atoms with E-state index in [0.717, 1.165) is 12.8 Å². The van der Waals surface area contributed by atoms with Crippen LogP contribution in [0.5, 0.6) is 0 Å². The zero-order valence-electron chi connectivity index (χ0n) is 12.4. The highest BCUT2D eigenvalue weighted by Crippen LogP contribution is 2.16.